The van der Waals surface area contributed by atoms with Gasteiger partial charge in [0.1, 0.15) is 11.5 Å². The first-order valence-electron chi connectivity index (χ1n) is 7.85. The molecule has 1 amide bonds. The Morgan fingerprint density at radius 3 is 3.00 bits per heavy atom. The van der Waals surface area contributed by atoms with Crippen LogP contribution in [0.5, 0.6) is 11.5 Å². The minimum Gasteiger partial charge on any atom is -0.497 e. The average Bonchev–Trinajstić information content (AvgIpc) is 2.60. The number of hydrogen-bond donors (Lipinski definition) is 1. The third-order valence-electron chi connectivity index (χ3n) is 4.04. The molecule has 23 heavy (non-hydrogen) atoms. The first-order chi connectivity index (χ1) is 11.2. The van der Waals surface area contributed by atoms with Crippen LogP contribution in [0.1, 0.15) is 11.1 Å². The molecule has 1 N–H and O–H groups in total. The van der Waals surface area contributed by atoms with Crippen LogP contribution in [0, 0.1) is 5.92 Å². The summed E-state index contributed by atoms with van der Waals surface area (Å²) < 4.78 is 10.9. The Balaban J connectivity index is 1.50. The lowest BCUT2D eigenvalue weighted by molar-refractivity contribution is -0.120. The van der Waals surface area contributed by atoms with Gasteiger partial charge in [0.2, 0.25) is 5.91 Å². The van der Waals surface area contributed by atoms with Crippen LogP contribution in [-0.2, 0) is 17.6 Å². The van der Waals surface area contributed by atoms with Crippen molar-refractivity contribution in [3.05, 3.63) is 59.7 Å². The molecule has 4 heteroatoms. The molecule has 0 spiro atoms. The second-order valence-electron chi connectivity index (χ2n) is 5.82. The summed E-state index contributed by atoms with van der Waals surface area (Å²) in [7, 11) is 1.63. The Morgan fingerprint density at radius 1 is 1.26 bits per heavy atom. The van der Waals surface area contributed by atoms with Crippen LogP contribution in [0.15, 0.2) is 48.5 Å². The molecule has 120 valence electrons. The number of benzene rings is 2. The number of amides is 1. The summed E-state index contributed by atoms with van der Waals surface area (Å²) in [6.45, 7) is 1.29. The van der Waals surface area contributed by atoms with Crippen LogP contribution in [-0.4, -0.2) is 26.2 Å². The molecule has 0 saturated carbocycles. The fourth-order valence-electron chi connectivity index (χ4n) is 2.81. The zero-order chi connectivity index (χ0) is 16.1. The highest BCUT2D eigenvalue weighted by atomic mass is 16.5. The van der Waals surface area contributed by atoms with Crippen LogP contribution in [0.4, 0.5) is 0 Å². The van der Waals surface area contributed by atoms with E-state index in [0.29, 0.717) is 25.5 Å². The normalized spacial score (nSPS) is 16.1. The predicted molar refractivity (Wildman–Crippen MR) is 88.8 cm³/mol. The first-order valence-corrected chi connectivity index (χ1v) is 7.85. The molecule has 0 aromatic heterocycles. The maximum Gasteiger partial charge on any atom is 0.224 e. The molecule has 1 aliphatic heterocycles. The van der Waals surface area contributed by atoms with Crippen molar-refractivity contribution in [2.45, 2.75) is 12.8 Å². The maximum atomic E-state index is 12.1. The van der Waals surface area contributed by atoms with E-state index < -0.39 is 0 Å². The second-order valence-corrected chi connectivity index (χ2v) is 5.82. The van der Waals surface area contributed by atoms with E-state index in [1.807, 2.05) is 42.5 Å². The van der Waals surface area contributed by atoms with Gasteiger partial charge in [-0.1, -0.05) is 30.3 Å². The molecular weight excluding hydrogens is 290 g/mol. The number of carbonyl (C=O) groups excluding carboxylic acids is 1. The molecule has 0 aliphatic carbocycles. The topological polar surface area (TPSA) is 47.6 Å². The molecule has 2 aromatic carbocycles. The lowest BCUT2D eigenvalue weighted by Gasteiger charge is -2.25. The number of hydrogen-bond acceptors (Lipinski definition) is 3. The number of carbonyl (C=O) groups is 1. The van der Waals surface area contributed by atoms with Crippen LogP contribution in [0.3, 0.4) is 0 Å². The fourth-order valence-corrected chi connectivity index (χ4v) is 2.81. The van der Waals surface area contributed by atoms with E-state index in [4.69, 9.17) is 9.47 Å². The Bertz CT molecular complexity index is 684. The molecule has 0 saturated heterocycles. The lowest BCUT2D eigenvalue weighted by Crippen LogP contribution is -2.35. The summed E-state index contributed by atoms with van der Waals surface area (Å²) in [5.41, 5.74) is 2.16. The van der Waals surface area contributed by atoms with E-state index in [2.05, 4.69) is 11.4 Å². The van der Waals surface area contributed by atoms with Crippen molar-refractivity contribution in [1.82, 2.24) is 5.32 Å². The summed E-state index contributed by atoms with van der Waals surface area (Å²) in [4.78, 5) is 12.1. The summed E-state index contributed by atoms with van der Waals surface area (Å²) >= 11 is 0. The van der Waals surface area contributed by atoms with Gasteiger partial charge in [-0.25, -0.2) is 0 Å². The fraction of sp³-hybridized carbons (Fsp3) is 0.316. The zero-order valence-electron chi connectivity index (χ0n) is 13.2. The molecule has 4 nitrogen and oxygen atoms in total. The largest absolute Gasteiger partial charge is 0.497 e. The van der Waals surface area contributed by atoms with E-state index in [0.717, 1.165) is 23.5 Å². The third-order valence-corrected chi connectivity index (χ3v) is 4.04. The summed E-state index contributed by atoms with van der Waals surface area (Å²) in [5.74, 6) is 2.08. The Labute approximate surface area is 136 Å². The van der Waals surface area contributed by atoms with Crippen molar-refractivity contribution in [1.29, 1.82) is 0 Å². The molecule has 1 heterocycles. The maximum absolute atomic E-state index is 12.1. The van der Waals surface area contributed by atoms with Gasteiger partial charge in [0.25, 0.3) is 0 Å². The molecule has 0 bridgehead atoms. The van der Waals surface area contributed by atoms with Crippen molar-refractivity contribution < 1.29 is 14.3 Å². The van der Waals surface area contributed by atoms with Gasteiger partial charge < -0.3 is 14.8 Å². The highest BCUT2D eigenvalue weighted by molar-refractivity contribution is 5.78. The minimum absolute atomic E-state index is 0.0251. The van der Waals surface area contributed by atoms with E-state index in [9.17, 15) is 4.79 Å². The van der Waals surface area contributed by atoms with E-state index >= 15 is 0 Å². The van der Waals surface area contributed by atoms with Crippen LogP contribution >= 0.6 is 0 Å². The van der Waals surface area contributed by atoms with E-state index in [-0.39, 0.29) is 5.91 Å². The zero-order valence-corrected chi connectivity index (χ0v) is 13.2. The van der Waals surface area contributed by atoms with Crippen molar-refractivity contribution in [3.63, 3.8) is 0 Å². The Morgan fingerprint density at radius 2 is 2.13 bits per heavy atom. The van der Waals surface area contributed by atoms with Gasteiger partial charge in [-0.2, -0.15) is 0 Å². The van der Waals surface area contributed by atoms with Crippen LogP contribution < -0.4 is 14.8 Å². The van der Waals surface area contributed by atoms with E-state index in [1.54, 1.807) is 7.11 Å². The number of methoxy groups -OCH3 is 1. The number of para-hydroxylation sites is 1. The first kappa shape index (κ1) is 15.4. The molecule has 2 aromatic rings. The monoisotopic (exact) mass is 311 g/mol. The second kappa shape index (κ2) is 7.18. The molecule has 0 unspecified atom stereocenters. The minimum atomic E-state index is 0.0251. The quantitative estimate of drug-likeness (QED) is 0.923. The highest BCUT2D eigenvalue weighted by Crippen LogP contribution is 2.26. The molecule has 1 aliphatic rings. The van der Waals surface area contributed by atoms with Gasteiger partial charge in [-0.3, -0.25) is 4.79 Å². The number of nitrogens with one attached hydrogen (secondary N) is 1. The summed E-state index contributed by atoms with van der Waals surface area (Å²) in [5, 5.41) is 3.01. The van der Waals surface area contributed by atoms with Gasteiger partial charge in [0.15, 0.2) is 0 Å². The SMILES string of the molecule is COc1cccc(CC(=O)NC[C@H]2COc3ccccc3C2)c1. The summed E-state index contributed by atoms with van der Waals surface area (Å²) in [6.07, 6.45) is 1.30. The predicted octanol–water partition coefficient (Wildman–Crippen LogP) is 2.61. The van der Waals surface area contributed by atoms with Crippen molar-refractivity contribution >= 4 is 5.91 Å². The molecule has 0 radical (unpaired) electrons. The number of fused-ring (bicyclic) bond motifs is 1. The van der Waals surface area contributed by atoms with Crippen molar-refractivity contribution in [2.24, 2.45) is 5.92 Å². The molecular formula is C19H21NO3. The Kier molecular flexibility index (Phi) is 4.81. The van der Waals surface area contributed by atoms with Gasteiger partial charge in [-0.05, 0) is 35.7 Å². The van der Waals surface area contributed by atoms with Crippen molar-refractivity contribution in [3.8, 4) is 11.5 Å². The average molecular weight is 311 g/mol. The van der Waals surface area contributed by atoms with Gasteiger partial charge in [0.05, 0.1) is 20.1 Å². The van der Waals surface area contributed by atoms with E-state index in [1.165, 1.54) is 5.56 Å². The van der Waals surface area contributed by atoms with Crippen molar-refractivity contribution in [2.75, 3.05) is 20.3 Å². The Hall–Kier alpha value is -2.49. The van der Waals surface area contributed by atoms with Crippen LogP contribution in [0.2, 0.25) is 0 Å². The lowest BCUT2D eigenvalue weighted by atomic mass is 9.96. The molecule has 1 atom stereocenters. The molecule has 3 rings (SSSR count). The van der Waals surface area contributed by atoms with Gasteiger partial charge in [-0.15, -0.1) is 0 Å². The number of rotatable bonds is 5. The standard InChI is InChI=1S/C19H21NO3/c1-22-17-7-4-5-14(10-17)11-19(21)20-12-15-9-16-6-2-3-8-18(16)23-13-15/h2-8,10,15H,9,11-13H2,1H3,(H,20,21)/t15-/m0/s1. The highest BCUT2D eigenvalue weighted by Gasteiger charge is 2.19. The smallest absolute Gasteiger partial charge is 0.224 e. The number of ether oxygens (including phenoxy) is 2. The third kappa shape index (κ3) is 4.03. The van der Waals surface area contributed by atoms with Gasteiger partial charge in [0, 0.05) is 12.5 Å². The van der Waals surface area contributed by atoms with Gasteiger partial charge >= 0.3 is 0 Å². The summed E-state index contributed by atoms with van der Waals surface area (Å²) in [6, 6.07) is 15.7. The molecule has 0 fully saturated rings. The van der Waals surface area contributed by atoms with Crippen LogP contribution in [0.25, 0.3) is 0 Å².